The molecule has 1 rings (SSSR count). The van der Waals surface area contributed by atoms with Crippen molar-refractivity contribution >= 4 is 4.02 Å². The molecule has 6 nitrogen and oxygen atoms in total. The van der Waals surface area contributed by atoms with Crippen LogP contribution in [0.4, 0.5) is 0 Å². The number of nitrogens with zero attached hydrogens (tertiary/aromatic N) is 1. The topological polar surface area (TPSA) is 103 Å². The fraction of sp³-hybridized carbons (Fsp3) is 0.100. The molecule has 27 heavy (non-hydrogen) atoms. The van der Waals surface area contributed by atoms with Gasteiger partial charge in [-0.15, -0.1) is 0 Å². The van der Waals surface area contributed by atoms with Gasteiger partial charge in [0.25, 0.3) is 0 Å². The second-order valence-corrected chi connectivity index (χ2v) is 4.79. The summed E-state index contributed by atoms with van der Waals surface area (Å²) in [6.07, 6.45) is 3.77. The molecular weight excluding hydrogens is 518 g/mol. The van der Waals surface area contributed by atoms with Crippen LogP contribution in [0, 0.1) is 45.1 Å². The monoisotopic (exact) mass is 533 g/mol. The second kappa shape index (κ2) is 38.8. The third kappa shape index (κ3) is 25.8. The normalized spacial score (nSPS) is 6.19. The summed E-state index contributed by atoms with van der Waals surface area (Å²) >= 11 is 1.37. The molecule has 0 atom stereocenters. The molecule has 0 aliphatic heterocycles. The van der Waals surface area contributed by atoms with Crippen LogP contribution in [0.5, 0.6) is 0 Å². The molecule has 0 radical (unpaired) electrons. The third-order valence-electron chi connectivity index (χ3n) is 2.07. The third-order valence-corrected chi connectivity index (χ3v) is 3.37. The second-order valence-electron chi connectivity index (χ2n) is 3.40. The predicted molar refractivity (Wildman–Crippen MR) is 89.9 cm³/mol. The Labute approximate surface area is 171 Å². The van der Waals surface area contributed by atoms with Gasteiger partial charge < -0.3 is 0 Å². The molecule has 0 aliphatic carbocycles. The van der Waals surface area contributed by atoms with Gasteiger partial charge in [0.05, 0.1) is 0 Å². The zero-order valence-electron chi connectivity index (χ0n) is 14.3. The molecule has 0 aromatic heterocycles. The van der Waals surface area contributed by atoms with Crippen LogP contribution >= 0.6 is 0 Å². The maximum absolute atomic E-state index is 7.50. The molecule has 1 aromatic carbocycles. The summed E-state index contributed by atoms with van der Waals surface area (Å²) in [5.74, 6) is 6.37. The van der Waals surface area contributed by atoms with Crippen LogP contribution in [0.25, 0.3) is 0 Å². The van der Waals surface area contributed by atoms with Gasteiger partial charge in [-0.25, -0.2) is 0 Å². The van der Waals surface area contributed by atoms with Crippen LogP contribution in [0.3, 0.4) is 0 Å². The van der Waals surface area contributed by atoms with Gasteiger partial charge in [-0.3, -0.25) is 0 Å². The zero-order valence-corrected chi connectivity index (χ0v) is 17.2. The molecule has 0 unspecified atom stereocenters. The summed E-state index contributed by atoms with van der Waals surface area (Å²) in [5.41, 5.74) is 1.04. The van der Waals surface area contributed by atoms with E-state index in [0.29, 0.717) is 0 Å². The van der Waals surface area contributed by atoms with E-state index in [1.807, 2.05) is 42.5 Å². The van der Waals surface area contributed by atoms with Crippen molar-refractivity contribution in [2.75, 3.05) is 13.1 Å². The predicted octanol–water partition coefficient (Wildman–Crippen LogP) is 2.20. The van der Waals surface area contributed by atoms with E-state index in [9.17, 15) is 0 Å². The van der Waals surface area contributed by atoms with Crippen molar-refractivity contribution in [3.05, 3.63) is 94.5 Å². The number of hydrogen-bond acceptors (Lipinski definition) is 1. The first-order chi connectivity index (χ1) is 13.3. The molecule has 0 amide bonds. The number of rotatable bonds is 5. The van der Waals surface area contributed by atoms with Gasteiger partial charge in [-0.05, 0) is 0 Å². The Bertz CT molecular complexity index is 616. The van der Waals surface area contributed by atoms with Gasteiger partial charge in [-0.1, -0.05) is 0 Å². The summed E-state index contributed by atoms with van der Waals surface area (Å²) in [7, 11) is 0. The fourth-order valence-corrected chi connectivity index (χ4v) is 2.00. The van der Waals surface area contributed by atoms with Crippen LogP contribution in [-0.4, -0.2) is 22.0 Å². The first kappa shape index (κ1) is 35.6. The summed E-state index contributed by atoms with van der Waals surface area (Å²) in [5, 5.41) is 0. The van der Waals surface area contributed by atoms with Crippen LogP contribution in [0.1, 0.15) is 5.56 Å². The van der Waals surface area contributed by atoms with Crippen LogP contribution < -0.4 is 0 Å². The Morgan fingerprint density at radius 2 is 1.22 bits per heavy atom. The van der Waals surface area contributed by atoms with E-state index >= 15 is 0 Å². The van der Waals surface area contributed by atoms with E-state index in [0.717, 1.165) is 22.7 Å². The fourth-order valence-electron chi connectivity index (χ4n) is 1.28. The maximum atomic E-state index is 7.50. The summed E-state index contributed by atoms with van der Waals surface area (Å²) in [4.78, 5) is 2.17. The minimum atomic E-state index is 0.814. The van der Waals surface area contributed by atoms with E-state index in [2.05, 4.69) is 63.2 Å². The van der Waals surface area contributed by atoms with Crippen molar-refractivity contribution in [3.63, 3.8) is 0 Å². The quantitative estimate of drug-likeness (QED) is 0.247. The molecule has 0 saturated carbocycles. The molecule has 0 aliphatic rings. The van der Waals surface area contributed by atoms with E-state index in [1.54, 1.807) is 0 Å². The molecule has 1 aromatic rings. The number of benzene rings is 1. The average Bonchev–Trinajstić information content (AvgIpc) is 2.79. The standard InChI is InChI=1S/C15H15N.5CO.W/c1-3-12-16(13-4-2)14-8-11-15-9-6-5-7-10-15;5*1-2;/h3-7,9-10H,1-2,12-13H2;;;;;;. The Hall–Kier alpha value is -2.52. The van der Waals surface area contributed by atoms with Gasteiger partial charge >= 0.3 is 171 Å². The SMILES string of the molecule is C=CCN(CC=C)[C](=[W])C#Cc1ccccc1.[C-]#[O+].[C-]#[O+].[C-]#[O+].[C-]#[O+].[C-]#[O+]. The van der Waals surface area contributed by atoms with Crippen molar-refractivity contribution in [1.82, 2.24) is 4.90 Å². The Morgan fingerprint density at radius 1 is 0.852 bits per heavy atom. The summed E-state index contributed by atoms with van der Waals surface area (Å²) in [6, 6.07) is 10.0. The van der Waals surface area contributed by atoms with Crippen molar-refractivity contribution in [2.24, 2.45) is 0 Å². The van der Waals surface area contributed by atoms with Crippen LogP contribution in [0.15, 0.2) is 55.6 Å². The molecular formula is C20H15NO5W. The van der Waals surface area contributed by atoms with Gasteiger partial charge in [0, 0.05) is 0 Å². The van der Waals surface area contributed by atoms with Gasteiger partial charge in [-0.2, -0.15) is 0 Å². The first-order valence-corrected chi connectivity index (χ1v) is 7.84. The summed E-state index contributed by atoms with van der Waals surface area (Å²) in [6.45, 7) is 31.6. The average molecular weight is 533 g/mol. The van der Waals surface area contributed by atoms with Crippen molar-refractivity contribution in [3.8, 4) is 11.8 Å². The van der Waals surface area contributed by atoms with Gasteiger partial charge in [0.15, 0.2) is 0 Å². The Kier molecular flexibility index (Phi) is 51.1. The zero-order chi connectivity index (χ0) is 22.5. The summed E-state index contributed by atoms with van der Waals surface area (Å²) < 4.78 is 38.6. The van der Waals surface area contributed by atoms with Crippen LogP contribution in [0.2, 0.25) is 0 Å². The Morgan fingerprint density at radius 3 is 1.56 bits per heavy atom. The minimum absolute atomic E-state index is 0.814. The molecule has 7 heteroatoms. The molecule has 0 spiro atoms. The molecule has 0 bridgehead atoms. The molecule has 0 heterocycles. The van der Waals surface area contributed by atoms with Gasteiger partial charge in [0.1, 0.15) is 0 Å². The van der Waals surface area contributed by atoms with E-state index in [4.69, 9.17) is 23.3 Å². The van der Waals surface area contributed by atoms with Gasteiger partial charge in [0.2, 0.25) is 0 Å². The van der Waals surface area contributed by atoms with Crippen LogP contribution in [-0.2, 0) is 42.6 Å². The molecule has 0 N–H and O–H groups in total. The molecule has 0 saturated heterocycles. The molecule has 136 valence electrons. The Balaban J connectivity index is -0.000000139. The van der Waals surface area contributed by atoms with E-state index < -0.39 is 0 Å². The van der Waals surface area contributed by atoms with Crippen molar-refractivity contribution in [1.29, 1.82) is 0 Å². The molecule has 0 fully saturated rings. The van der Waals surface area contributed by atoms with E-state index in [-0.39, 0.29) is 0 Å². The van der Waals surface area contributed by atoms with E-state index in [1.165, 1.54) is 19.4 Å². The van der Waals surface area contributed by atoms with Crippen molar-refractivity contribution in [2.45, 2.75) is 0 Å². The first-order valence-electron chi connectivity index (χ1n) is 6.37. The number of hydrogen-bond donors (Lipinski definition) is 0. The van der Waals surface area contributed by atoms with Crippen molar-refractivity contribution < 1.29 is 42.6 Å².